The molecule has 0 radical (unpaired) electrons. The van der Waals surface area contributed by atoms with E-state index in [1.54, 1.807) is 12.1 Å². The first kappa shape index (κ1) is 12.8. The summed E-state index contributed by atoms with van der Waals surface area (Å²) in [5.41, 5.74) is 0.966. The fourth-order valence-electron chi connectivity index (χ4n) is 2.60. The molecule has 0 aliphatic heterocycles. The lowest BCUT2D eigenvalue weighted by Crippen LogP contribution is -2.29. The van der Waals surface area contributed by atoms with Crippen LogP contribution in [-0.4, -0.2) is 6.54 Å². The molecule has 1 aliphatic rings. The van der Waals surface area contributed by atoms with Gasteiger partial charge in [-0.15, -0.1) is 0 Å². The van der Waals surface area contributed by atoms with Crippen LogP contribution >= 0.6 is 11.6 Å². The number of halogens is 2. The topological polar surface area (TPSA) is 12.0 Å². The lowest BCUT2D eigenvalue weighted by atomic mass is 9.89. The lowest BCUT2D eigenvalue weighted by molar-refractivity contribution is 0.314. The Bertz CT molecular complexity index is 366. The molecule has 0 spiro atoms. The van der Waals surface area contributed by atoms with Crippen LogP contribution in [0.1, 0.15) is 38.2 Å². The van der Waals surface area contributed by atoms with Gasteiger partial charge in [-0.1, -0.05) is 37.4 Å². The van der Waals surface area contributed by atoms with Gasteiger partial charge in [0.25, 0.3) is 0 Å². The lowest BCUT2D eigenvalue weighted by Gasteiger charge is -2.24. The standard InChI is InChI=1S/C14H19ClFN/c1-14(7-2-3-8-14)10-17-9-11-12(15)5-4-6-13(11)16/h4-6,17H,2-3,7-10H2,1H3. The van der Waals surface area contributed by atoms with E-state index in [1.807, 2.05) is 0 Å². The Morgan fingerprint density at radius 2 is 2.06 bits per heavy atom. The van der Waals surface area contributed by atoms with Crippen LogP contribution in [0.3, 0.4) is 0 Å². The molecular weight excluding hydrogens is 237 g/mol. The molecule has 1 aliphatic carbocycles. The summed E-state index contributed by atoms with van der Waals surface area (Å²) in [6, 6.07) is 4.83. The fourth-order valence-corrected chi connectivity index (χ4v) is 2.83. The molecule has 0 unspecified atom stereocenters. The Morgan fingerprint density at radius 3 is 2.71 bits per heavy atom. The zero-order valence-electron chi connectivity index (χ0n) is 10.2. The highest BCUT2D eigenvalue weighted by molar-refractivity contribution is 6.31. The molecule has 1 fully saturated rings. The third-order valence-corrected chi connectivity index (χ3v) is 4.08. The normalized spacial score (nSPS) is 18.5. The molecule has 0 amide bonds. The van der Waals surface area contributed by atoms with Crippen LogP contribution in [0.25, 0.3) is 0 Å². The van der Waals surface area contributed by atoms with Crippen LogP contribution < -0.4 is 5.32 Å². The summed E-state index contributed by atoms with van der Waals surface area (Å²) in [5, 5.41) is 3.85. The smallest absolute Gasteiger partial charge is 0.129 e. The molecule has 0 aromatic heterocycles. The van der Waals surface area contributed by atoms with Crippen molar-refractivity contribution < 1.29 is 4.39 Å². The molecule has 94 valence electrons. The predicted octanol–water partition coefficient (Wildman–Crippen LogP) is 4.15. The molecule has 1 N–H and O–H groups in total. The van der Waals surface area contributed by atoms with E-state index in [0.29, 0.717) is 22.5 Å². The Hall–Kier alpha value is -0.600. The molecular formula is C14H19ClFN. The first-order valence-corrected chi connectivity index (χ1v) is 6.62. The summed E-state index contributed by atoms with van der Waals surface area (Å²) >= 11 is 5.98. The second-order valence-electron chi connectivity index (χ2n) is 5.32. The second kappa shape index (κ2) is 5.36. The number of nitrogens with one attached hydrogen (secondary N) is 1. The van der Waals surface area contributed by atoms with E-state index in [4.69, 9.17) is 11.6 Å². The van der Waals surface area contributed by atoms with Crippen molar-refractivity contribution in [2.75, 3.05) is 6.54 Å². The third kappa shape index (κ3) is 3.20. The van der Waals surface area contributed by atoms with Crippen LogP contribution in [0.4, 0.5) is 4.39 Å². The maximum Gasteiger partial charge on any atom is 0.129 e. The average molecular weight is 256 g/mol. The Labute approximate surface area is 107 Å². The zero-order valence-corrected chi connectivity index (χ0v) is 11.0. The van der Waals surface area contributed by atoms with E-state index in [-0.39, 0.29) is 5.82 Å². The van der Waals surface area contributed by atoms with Crippen molar-refractivity contribution in [2.24, 2.45) is 5.41 Å². The summed E-state index contributed by atoms with van der Waals surface area (Å²) in [5.74, 6) is -0.221. The van der Waals surface area contributed by atoms with E-state index in [2.05, 4.69) is 12.2 Å². The van der Waals surface area contributed by atoms with Gasteiger partial charge in [0.2, 0.25) is 0 Å². The van der Waals surface area contributed by atoms with E-state index in [1.165, 1.54) is 31.7 Å². The maximum atomic E-state index is 13.5. The number of rotatable bonds is 4. The van der Waals surface area contributed by atoms with E-state index in [9.17, 15) is 4.39 Å². The number of hydrogen-bond acceptors (Lipinski definition) is 1. The maximum absolute atomic E-state index is 13.5. The van der Waals surface area contributed by atoms with Crippen molar-refractivity contribution in [2.45, 2.75) is 39.2 Å². The molecule has 2 rings (SSSR count). The average Bonchev–Trinajstić information content (AvgIpc) is 2.70. The van der Waals surface area contributed by atoms with E-state index in [0.717, 1.165) is 6.54 Å². The van der Waals surface area contributed by atoms with E-state index >= 15 is 0 Å². The van der Waals surface area contributed by atoms with Crippen molar-refractivity contribution >= 4 is 11.6 Å². The molecule has 0 saturated heterocycles. The SMILES string of the molecule is CC1(CNCc2c(F)cccc2Cl)CCCC1. The third-order valence-electron chi connectivity index (χ3n) is 3.73. The second-order valence-corrected chi connectivity index (χ2v) is 5.73. The Morgan fingerprint density at radius 1 is 1.35 bits per heavy atom. The van der Waals surface area contributed by atoms with Gasteiger partial charge in [0.05, 0.1) is 0 Å². The molecule has 0 bridgehead atoms. The van der Waals surface area contributed by atoms with Crippen molar-refractivity contribution in [1.82, 2.24) is 5.32 Å². The van der Waals surface area contributed by atoms with Gasteiger partial charge < -0.3 is 5.32 Å². The van der Waals surface area contributed by atoms with Crippen molar-refractivity contribution in [3.63, 3.8) is 0 Å². The Kier molecular flexibility index (Phi) is 4.05. The zero-order chi connectivity index (χ0) is 12.3. The van der Waals surface area contributed by atoms with Crippen molar-refractivity contribution in [1.29, 1.82) is 0 Å². The molecule has 3 heteroatoms. The summed E-state index contributed by atoms with van der Waals surface area (Å²) in [7, 11) is 0. The number of benzene rings is 1. The molecule has 17 heavy (non-hydrogen) atoms. The van der Waals surface area contributed by atoms with Gasteiger partial charge in [-0.2, -0.15) is 0 Å². The van der Waals surface area contributed by atoms with Gasteiger partial charge in [0.1, 0.15) is 5.82 Å². The first-order valence-electron chi connectivity index (χ1n) is 6.24. The summed E-state index contributed by atoms with van der Waals surface area (Å²) in [4.78, 5) is 0. The van der Waals surface area contributed by atoms with Crippen LogP contribution in [0.15, 0.2) is 18.2 Å². The summed E-state index contributed by atoms with van der Waals surface area (Å²) in [6.45, 7) is 3.76. The van der Waals surface area contributed by atoms with Crippen LogP contribution in [0, 0.1) is 11.2 Å². The Balaban J connectivity index is 1.90. The fraction of sp³-hybridized carbons (Fsp3) is 0.571. The monoisotopic (exact) mass is 255 g/mol. The molecule has 0 heterocycles. The van der Waals surface area contributed by atoms with Gasteiger partial charge in [-0.05, 0) is 30.4 Å². The first-order chi connectivity index (χ1) is 8.11. The van der Waals surface area contributed by atoms with Gasteiger partial charge in [-0.3, -0.25) is 0 Å². The highest BCUT2D eigenvalue weighted by Crippen LogP contribution is 2.36. The van der Waals surface area contributed by atoms with Gasteiger partial charge in [0, 0.05) is 23.7 Å². The van der Waals surface area contributed by atoms with Crippen LogP contribution in [0.5, 0.6) is 0 Å². The van der Waals surface area contributed by atoms with Crippen LogP contribution in [0.2, 0.25) is 5.02 Å². The quantitative estimate of drug-likeness (QED) is 0.852. The van der Waals surface area contributed by atoms with Gasteiger partial charge in [0.15, 0.2) is 0 Å². The number of hydrogen-bond donors (Lipinski definition) is 1. The van der Waals surface area contributed by atoms with E-state index < -0.39 is 0 Å². The van der Waals surface area contributed by atoms with Gasteiger partial charge in [-0.25, -0.2) is 4.39 Å². The summed E-state index contributed by atoms with van der Waals surface area (Å²) < 4.78 is 13.5. The molecule has 1 nitrogen and oxygen atoms in total. The highest BCUT2D eigenvalue weighted by atomic mass is 35.5. The molecule has 1 aromatic carbocycles. The minimum atomic E-state index is -0.221. The van der Waals surface area contributed by atoms with Crippen molar-refractivity contribution in [3.05, 3.63) is 34.6 Å². The summed E-state index contributed by atoms with van der Waals surface area (Å²) in [6.07, 6.45) is 5.17. The minimum absolute atomic E-state index is 0.221. The van der Waals surface area contributed by atoms with Crippen molar-refractivity contribution in [3.8, 4) is 0 Å². The predicted molar refractivity (Wildman–Crippen MR) is 69.7 cm³/mol. The molecule has 1 aromatic rings. The molecule has 0 atom stereocenters. The molecule has 1 saturated carbocycles. The largest absolute Gasteiger partial charge is 0.312 e. The highest BCUT2D eigenvalue weighted by Gasteiger charge is 2.27. The van der Waals surface area contributed by atoms with Gasteiger partial charge >= 0.3 is 0 Å². The van der Waals surface area contributed by atoms with Crippen LogP contribution in [-0.2, 0) is 6.54 Å². The minimum Gasteiger partial charge on any atom is -0.312 e.